The molecule has 0 aliphatic heterocycles. The van der Waals surface area contributed by atoms with Gasteiger partial charge in [0.1, 0.15) is 6.04 Å². The predicted octanol–water partition coefficient (Wildman–Crippen LogP) is 3.73. The van der Waals surface area contributed by atoms with Gasteiger partial charge < -0.3 is 15.5 Å². The van der Waals surface area contributed by atoms with Crippen LogP contribution in [0.2, 0.25) is 0 Å². The first-order chi connectivity index (χ1) is 14.3. The number of hydrogen-bond acceptors (Lipinski definition) is 3. The van der Waals surface area contributed by atoms with Crippen molar-refractivity contribution in [1.29, 1.82) is 0 Å². The first-order valence-electron chi connectivity index (χ1n) is 11.6. The van der Waals surface area contributed by atoms with Gasteiger partial charge in [-0.2, -0.15) is 0 Å². The molecule has 5 heteroatoms. The molecule has 1 aromatic rings. The van der Waals surface area contributed by atoms with Gasteiger partial charge in [-0.25, -0.2) is 0 Å². The minimum Gasteiger partial charge on any atom is -0.378 e. The van der Waals surface area contributed by atoms with Crippen molar-refractivity contribution < 1.29 is 9.59 Å². The van der Waals surface area contributed by atoms with Crippen LogP contribution in [-0.2, 0) is 16.1 Å². The number of anilines is 1. The molecule has 0 spiro atoms. The molecule has 30 heavy (non-hydrogen) atoms. The van der Waals surface area contributed by atoms with E-state index in [4.69, 9.17) is 0 Å². The van der Waals surface area contributed by atoms with Crippen LogP contribution in [0.4, 0.5) is 5.69 Å². The normalized spacial score (nSPS) is 30.2. The van der Waals surface area contributed by atoms with Crippen molar-refractivity contribution >= 4 is 17.5 Å². The molecule has 4 saturated carbocycles. The zero-order valence-corrected chi connectivity index (χ0v) is 18.9. The first-order valence-corrected chi connectivity index (χ1v) is 11.6. The second-order valence-electron chi connectivity index (χ2n) is 10.7. The van der Waals surface area contributed by atoms with E-state index in [2.05, 4.69) is 27.7 Å². The zero-order chi connectivity index (χ0) is 21.5. The maximum absolute atomic E-state index is 13.4. The average Bonchev–Trinajstić information content (AvgIpc) is 2.69. The maximum atomic E-state index is 13.4. The van der Waals surface area contributed by atoms with Crippen LogP contribution in [0, 0.1) is 29.1 Å². The highest BCUT2D eigenvalue weighted by atomic mass is 16.2. The lowest BCUT2D eigenvalue weighted by molar-refractivity contribution is -0.149. The Morgan fingerprint density at radius 3 is 2.00 bits per heavy atom. The molecule has 4 aliphatic rings. The average molecular weight is 412 g/mol. The fraction of sp³-hybridized carbons (Fsp3) is 0.680. The van der Waals surface area contributed by atoms with E-state index in [1.807, 2.05) is 40.1 Å². The van der Waals surface area contributed by atoms with Gasteiger partial charge in [-0.15, -0.1) is 0 Å². The van der Waals surface area contributed by atoms with Crippen LogP contribution in [-0.4, -0.2) is 32.0 Å². The summed E-state index contributed by atoms with van der Waals surface area (Å²) in [5, 5.41) is 6.22. The Balaban J connectivity index is 1.37. The predicted molar refractivity (Wildman–Crippen MR) is 120 cm³/mol. The largest absolute Gasteiger partial charge is 0.378 e. The van der Waals surface area contributed by atoms with E-state index in [9.17, 15) is 9.59 Å². The van der Waals surface area contributed by atoms with E-state index in [1.54, 1.807) is 0 Å². The first kappa shape index (κ1) is 21.2. The number of nitrogens with zero attached hydrogens (tertiary/aromatic N) is 1. The molecule has 5 rings (SSSR count). The van der Waals surface area contributed by atoms with E-state index in [1.165, 1.54) is 19.3 Å². The molecule has 164 valence electrons. The molecule has 2 amide bonds. The van der Waals surface area contributed by atoms with Gasteiger partial charge in [0.15, 0.2) is 0 Å². The highest BCUT2D eigenvalue weighted by molar-refractivity contribution is 5.90. The van der Waals surface area contributed by atoms with E-state index in [-0.39, 0.29) is 23.1 Å². The highest BCUT2D eigenvalue weighted by Crippen LogP contribution is 2.60. The van der Waals surface area contributed by atoms with Gasteiger partial charge in [0.2, 0.25) is 11.8 Å². The summed E-state index contributed by atoms with van der Waals surface area (Å²) in [6.07, 6.45) is 7.01. The summed E-state index contributed by atoms with van der Waals surface area (Å²) in [4.78, 5) is 28.4. The Morgan fingerprint density at radius 1 is 1.00 bits per heavy atom. The van der Waals surface area contributed by atoms with Crippen LogP contribution in [0.1, 0.15) is 57.9 Å². The number of carbonyl (C=O) groups excluding carboxylic acids is 2. The third-order valence-corrected chi connectivity index (χ3v) is 7.68. The van der Waals surface area contributed by atoms with Crippen molar-refractivity contribution in [3.8, 4) is 0 Å². The molecule has 4 aliphatic carbocycles. The van der Waals surface area contributed by atoms with E-state index >= 15 is 0 Å². The molecule has 0 saturated heterocycles. The minimum atomic E-state index is -0.480. The fourth-order valence-corrected chi connectivity index (χ4v) is 6.43. The Hall–Kier alpha value is -2.04. The van der Waals surface area contributed by atoms with Crippen molar-refractivity contribution in [3.05, 3.63) is 29.8 Å². The standard InChI is InChI=1S/C25H37N3O2/c1-16(2)22(23(29)26-15-17-5-7-21(8-6-17)28(3)4)27-24(30)25-12-18-9-19(13-25)11-20(10-18)14-25/h5-8,16,18-20,22H,9-15H2,1-4H3,(H,26,29)(H,27,30)/t18?,19?,20?,22-,25?/m1/s1. The number of amides is 2. The molecule has 0 radical (unpaired) electrons. The Bertz CT molecular complexity index is 749. The van der Waals surface area contributed by atoms with E-state index in [0.29, 0.717) is 6.54 Å². The molecular weight excluding hydrogens is 374 g/mol. The Labute approximate surface area is 181 Å². The number of nitrogens with one attached hydrogen (secondary N) is 2. The minimum absolute atomic E-state index is 0.0546. The summed E-state index contributed by atoms with van der Waals surface area (Å²) in [6, 6.07) is 7.70. The molecule has 1 atom stereocenters. The second-order valence-corrected chi connectivity index (χ2v) is 10.7. The SMILES string of the molecule is CC(C)[C@@H](NC(=O)C12CC3CC(CC(C3)C1)C2)C(=O)NCc1ccc(N(C)C)cc1. The summed E-state index contributed by atoms with van der Waals surface area (Å²) in [5.41, 5.74) is 1.97. The molecular formula is C25H37N3O2. The number of benzene rings is 1. The molecule has 2 N–H and O–H groups in total. The van der Waals surface area contributed by atoms with Gasteiger partial charge in [0, 0.05) is 31.7 Å². The van der Waals surface area contributed by atoms with Crippen molar-refractivity contribution in [2.45, 2.75) is 65.0 Å². The third-order valence-electron chi connectivity index (χ3n) is 7.68. The van der Waals surface area contributed by atoms with Gasteiger partial charge in [0.25, 0.3) is 0 Å². The van der Waals surface area contributed by atoms with Gasteiger partial charge >= 0.3 is 0 Å². The fourth-order valence-electron chi connectivity index (χ4n) is 6.43. The topological polar surface area (TPSA) is 61.4 Å². The van der Waals surface area contributed by atoms with E-state index < -0.39 is 6.04 Å². The van der Waals surface area contributed by atoms with Gasteiger partial charge in [0.05, 0.1) is 0 Å². The Morgan fingerprint density at radius 2 is 1.53 bits per heavy atom. The molecule has 4 bridgehead atoms. The van der Waals surface area contributed by atoms with Crippen LogP contribution >= 0.6 is 0 Å². The summed E-state index contributed by atoms with van der Waals surface area (Å²) in [5.74, 6) is 2.26. The summed E-state index contributed by atoms with van der Waals surface area (Å²) < 4.78 is 0. The number of carbonyl (C=O) groups is 2. The quantitative estimate of drug-likeness (QED) is 0.719. The molecule has 0 unspecified atom stereocenters. The van der Waals surface area contributed by atoms with Crippen molar-refractivity contribution in [3.63, 3.8) is 0 Å². The molecule has 0 heterocycles. The molecule has 0 aromatic heterocycles. The van der Waals surface area contributed by atoms with Gasteiger partial charge in [-0.05, 0) is 79.9 Å². The smallest absolute Gasteiger partial charge is 0.243 e. The number of hydrogen-bond donors (Lipinski definition) is 2. The van der Waals surface area contributed by atoms with Gasteiger partial charge in [-0.3, -0.25) is 9.59 Å². The van der Waals surface area contributed by atoms with Crippen LogP contribution in [0.5, 0.6) is 0 Å². The Kier molecular flexibility index (Phi) is 5.82. The van der Waals surface area contributed by atoms with Gasteiger partial charge in [-0.1, -0.05) is 26.0 Å². The lowest BCUT2D eigenvalue weighted by Gasteiger charge is -2.55. The lowest BCUT2D eigenvalue weighted by atomic mass is 9.49. The molecule has 1 aromatic carbocycles. The highest BCUT2D eigenvalue weighted by Gasteiger charge is 2.55. The lowest BCUT2D eigenvalue weighted by Crippen LogP contribution is -2.58. The molecule has 4 fully saturated rings. The third kappa shape index (κ3) is 4.21. The van der Waals surface area contributed by atoms with Crippen LogP contribution in [0.25, 0.3) is 0 Å². The summed E-state index contributed by atoms with van der Waals surface area (Å²) in [6.45, 7) is 4.50. The van der Waals surface area contributed by atoms with Crippen molar-refractivity contribution in [1.82, 2.24) is 10.6 Å². The van der Waals surface area contributed by atoms with Crippen molar-refractivity contribution in [2.75, 3.05) is 19.0 Å². The number of rotatable bonds is 7. The monoisotopic (exact) mass is 411 g/mol. The summed E-state index contributed by atoms with van der Waals surface area (Å²) in [7, 11) is 4.02. The zero-order valence-electron chi connectivity index (χ0n) is 18.9. The second kappa shape index (κ2) is 8.24. The summed E-state index contributed by atoms with van der Waals surface area (Å²) >= 11 is 0. The van der Waals surface area contributed by atoms with Crippen molar-refractivity contribution in [2.24, 2.45) is 29.1 Å². The maximum Gasteiger partial charge on any atom is 0.243 e. The van der Waals surface area contributed by atoms with Crippen LogP contribution in [0.3, 0.4) is 0 Å². The van der Waals surface area contributed by atoms with Crippen LogP contribution in [0.15, 0.2) is 24.3 Å². The molecule has 5 nitrogen and oxygen atoms in total. The van der Waals surface area contributed by atoms with E-state index in [0.717, 1.165) is 48.3 Å². The van der Waals surface area contributed by atoms with Crippen LogP contribution < -0.4 is 15.5 Å².